The molecule has 1 nitrogen and oxygen atoms in total. The fourth-order valence-corrected chi connectivity index (χ4v) is 1.18. The number of aryl methyl sites for hydroxylation is 1. The Labute approximate surface area is 78.1 Å². The summed E-state index contributed by atoms with van der Waals surface area (Å²) in [6.07, 6.45) is 2.86. The first-order chi connectivity index (χ1) is 5.74. The summed E-state index contributed by atoms with van der Waals surface area (Å²) in [6.45, 7) is 4.07. The van der Waals surface area contributed by atoms with Gasteiger partial charge in [0.1, 0.15) is 0 Å². The second-order valence-corrected chi connectivity index (χ2v) is 3.09. The minimum absolute atomic E-state index is 0.767. The lowest BCUT2D eigenvalue weighted by molar-refractivity contribution is 1.30. The van der Waals surface area contributed by atoms with E-state index in [1.165, 1.54) is 0 Å². The van der Waals surface area contributed by atoms with E-state index in [9.17, 15) is 0 Å². The van der Waals surface area contributed by atoms with Crippen molar-refractivity contribution in [1.82, 2.24) is 0 Å². The van der Waals surface area contributed by atoms with Gasteiger partial charge in [0, 0.05) is 11.2 Å². The van der Waals surface area contributed by atoms with Crippen molar-refractivity contribution in [2.45, 2.75) is 20.3 Å². The Morgan fingerprint density at radius 1 is 1.50 bits per heavy atom. The normalized spacial score (nSPS) is 10.9. The summed E-state index contributed by atoms with van der Waals surface area (Å²) in [7, 11) is 0. The number of rotatable bonds is 2. The second-order valence-electron chi connectivity index (χ2n) is 2.65. The van der Waals surface area contributed by atoms with E-state index in [1.54, 1.807) is 0 Å². The molecule has 1 aromatic rings. The smallest absolute Gasteiger partial charge is 0.0655 e. The van der Waals surface area contributed by atoms with Gasteiger partial charge in [-0.1, -0.05) is 18.5 Å². The average molecular weight is 182 g/mol. The van der Waals surface area contributed by atoms with Crippen molar-refractivity contribution in [3.05, 3.63) is 28.8 Å². The van der Waals surface area contributed by atoms with E-state index in [4.69, 9.17) is 11.6 Å². The van der Waals surface area contributed by atoms with E-state index < -0.39 is 0 Å². The maximum atomic E-state index is 5.80. The van der Waals surface area contributed by atoms with Gasteiger partial charge in [0.25, 0.3) is 0 Å². The third-order valence-electron chi connectivity index (χ3n) is 1.57. The van der Waals surface area contributed by atoms with Crippen LogP contribution in [0.4, 0.5) is 5.69 Å². The van der Waals surface area contributed by atoms with Crippen molar-refractivity contribution < 1.29 is 0 Å². The lowest BCUT2D eigenvalue weighted by Crippen LogP contribution is -1.75. The Balaban J connectivity index is 2.94. The summed E-state index contributed by atoms with van der Waals surface area (Å²) in [6, 6.07) is 5.71. The van der Waals surface area contributed by atoms with Crippen molar-refractivity contribution in [3.63, 3.8) is 0 Å². The van der Waals surface area contributed by atoms with Gasteiger partial charge in [0.05, 0.1) is 5.69 Å². The van der Waals surface area contributed by atoms with Gasteiger partial charge < -0.3 is 0 Å². The molecule has 12 heavy (non-hydrogen) atoms. The molecule has 0 bridgehead atoms. The molecule has 0 heterocycles. The topological polar surface area (TPSA) is 12.4 Å². The summed E-state index contributed by atoms with van der Waals surface area (Å²) in [5.41, 5.74) is 2.12. The minimum Gasteiger partial charge on any atom is -0.261 e. The van der Waals surface area contributed by atoms with Crippen molar-refractivity contribution in [2.75, 3.05) is 0 Å². The van der Waals surface area contributed by atoms with E-state index in [0.717, 1.165) is 22.7 Å². The highest BCUT2D eigenvalue weighted by molar-refractivity contribution is 6.30. The van der Waals surface area contributed by atoms with Crippen LogP contribution in [0.3, 0.4) is 0 Å². The van der Waals surface area contributed by atoms with Crippen molar-refractivity contribution >= 4 is 23.5 Å². The van der Waals surface area contributed by atoms with E-state index in [0.29, 0.717) is 0 Å². The van der Waals surface area contributed by atoms with Crippen LogP contribution in [0.2, 0.25) is 5.02 Å². The van der Waals surface area contributed by atoms with E-state index in [2.05, 4.69) is 11.9 Å². The summed E-state index contributed by atoms with van der Waals surface area (Å²) < 4.78 is 0. The largest absolute Gasteiger partial charge is 0.261 e. The molecule has 1 rings (SSSR count). The lowest BCUT2D eigenvalue weighted by Gasteiger charge is -1.98. The molecule has 64 valence electrons. The molecule has 1 aromatic carbocycles. The van der Waals surface area contributed by atoms with Crippen LogP contribution < -0.4 is 0 Å². The van der Waals surface area contributed by atoms with Crippen LogP contribution in [0.5, 0.6) is 0 Å². The van der Waals surface area contributed by atoms with Gasteiger partial charge in [-0.2, -0.15) is 0 Å². The Hall–Kier alpha value is -0.820. The predicted octanol–water partition coefficient (Wildman–Crippen LogP) is 3.76. The molecule has 0 aliphatic rings. The van der Waals surface area contributed by atoms with Crippen LogP contribution in [-0.4, -0.2) is 6.21 Å². The van der Waals surface area contributed by atoms with Gasteiger partial charge in [0.2, 0.25) is 0 Å². The van der Waals surface area contributed by atoms with Crippen molar-refractivity contribution in [1.29, 1.82) is 0 Å². The SMILES string of the molecule is CC/C=N\c1ccc(Cl)cc1C. The molecular weight excluding hydrogens is 170 g/mol. The van der Waals surface area contributed by atoms with E-state index >= 15 is 0 Å². The first-order valence-corrected chi connectivity index (χ1v) is 4.40. The minimum atomic E-state index is 0.767. The number of halogens is 1. The highest BCUT2D eigenvalue weighted by Crippen LogP contribution is 2.21. The predicted molar refractivity (Wildman–Crippen MR) is 54.6 cm³/mol. The molecule has 0 aliphatic heterocycles. The molecule has 0 saturated carbocycles. The number of benzene rings is 1. The molecule has 0 aromatic heterocycles. The Bertz CT molecular complexity index is 292. The molecular formula is C10H12ClN. The van der Waals surface area contributed by atoms with Gasteiger partial charge in [-0.25, -0.2) is 0 Å². The highest BCUT2D eigenvalue weighted by atomic mass is 35.5. The van der Waals surface area contributed by atoms with Crippen LogP contribution in [0, 0.1) is 6.92 Å². The monoisotopic (exact) mass is 181 g/mol. The molecule has 0 amide bonds. The third-order valence-corrected chi connectivity index (χ3v) is 1.81. The number of aliphatic imine (C=N–C) groups is 1. The number of hydrogen-bond donors (Lipinski definition) is 0. The molecule has 0 aliphatic carbocycles. The molecule has 0 spiro atoms. The number of nitrogens with zero attached hydrogens (tertiary/aromatic N) is 1. The second kappa shape index (κ2) is 4.27. The van der Waals surface area contributed by atoms with Crippen LogP contribution in [0.15, 0.2) is 23.2 Å². The Morgan fingerprint density at radius 2 is 2.25 bits per heavy atom. The first-order valence-electron chi connectivity index (χ1n) is 4.02. The standard InChI is InChI=1S/C10H12ClN/c1-3-6-12-10-5-4-9(11)7-8(10)2/h4-7H,3H2,1-2H3/b12-6-. The zero-order valence-corrected chi connectivity index (χ0v) is 8.10. The zero-order chi connectivity index (χ0) is 8.97. The molecule has 0 saturated heterocycles. The van der Waals surface area contributed by atoms with Gasteiger partial charge in [-0.15, -0.1) is 0 Å². The van der Waals surface area contributed by atoms with Gasteiger partial charge in [-0.3, -0.25) is 4.99 Å². The first kappa shape index (κ1) is 9.27. The number of hydrogen-bond acceptors (Lipinski definition) is 1. The average Bonchev–Trinajstić information content (AvgIpc) is 2.03. The van der Waals surface area contributed by atoms with Crippen LogP contribution >= 0.6 is 11.6 Å². The highest BCUT2D eigenvalue weighted by Gasteiger charge is 1.94. The molecule has 0 radical (unpaired) electrons. The maximum Gasteiger partial charge on any atom is 0.0655 e. The van der Waals surface area contributed by atoms with Crippen LogP contribution in [0.1, 0.15) is 18.9 Å². The fraction of sp³-hybridized carbons (Fsp3) is 0.300. The zero-order valence-electron chi connectivity index (χ0n) is 7.34. The van der Waals surface area contributed by atoms with Crippen molar-refractivity contribution in [2.24, 2.45) is 4.99 Å². The van der Waals surface area contributed by atoms with Gasteiger partial charge in [0.15, 0.2) is 0 Å². The summed E-state index contributed by atoms with van der Waals surface area (Å²) in [4.78, 5) is 4.28. The molecule has 0 atom stereocenters. The quantitative estimate of drug-likeness (QED) is 0.616. The molecule has 2 heteroatoms. The molecule has 0 fully saturated rings. The van der Waals surface area contributed by atoms with E-state index in [1.807, 2.05) is 31.3 Å². The molecule has 0 unspecified atom stereocenters. The Morgan fingerprint density at radius 3 is 2.83 bits per heavy atom. The maximum absolute atomic E-state index is 5.80. The van der Waals surface area contributed by atoms with Gasteiger partial charge >= 0.3 is 0 Å². The van der Waals surface area contributed by atoms with Crippen molar-refractivity contribution in [3.8, 4) is 0 Å². The molecule has 0 N–H and O–H groups in total. The van der Waals surface area contributed by atoms with Gasteiger partial charge in [-0.05, 0) is 37.1 Å². The van der Waals surface area contributed by atoms with Crippen LogP contribution in [-0.2, 0) is 0 Å². The summed E-state index contributed by atoms with van der Waals surface area (Å²) >= 11 is 5.80. The summed E-state index contributed by atoms with van der Waals surface area (Å²) in [5.74, 6) is 0. The Kier molecular flexibility index (Phi) is 3.30. The van der Waals surface area contributed by atoms with E-state index in [-0.39, 0.29) is 0 Å². The van der Waals surface area contributed by atoms with Crippen LogP contribution in [0.25, 0.3) is 0 Å². The fourth-order valence-electron chi connectivity index (χ4n) is 0.953. The lowest BCUT2D eigenvalue weighted by atomic mass is 10.2. The third kappa shape index (κ3) is 2.35. The summed E-state index contributed by atoms with van der Waals surface area (Å²) in [5, 5.41) is 0.767.